The molecule has 1 atom stereocenters. The van der Waals surface area contributed by atoms with E-state index in [-0.39, 0.29) is 29.7 Å². The maximum Gasteiger partial charge on any atom is 0.322 e. The van der Waals surface area contributed by atoms with Crippen molar-refractivity contribution in [2.75, 3.05) is 38.7 Å². The van der Waals surface area contributed by atoms with Crippen LogP contribution < -0.4 is 10.1 Å². The topological polar surface area (TPSA) is 80.8 Å². The molecule has 1 fully saturated rings. The molecule has 1 spiro atoms. The maximum atomic E-state index is 13.5. The fraction of sp³-hybridized carbons (Fsp3) is 0.276. The standard InChI is InChI=1S/C29H28F2N4O3/c1-38-22-10-11-23-24(12-22)33-27-25(14-36)35(28(37)32-21-8-6-20(31)7-9-21)17-29(26(23)27)15-34(16-29)13-18-2-4-19(30)5-3-18/h2-12,25,33,36H,13-17H2,1H3,(H,32,37)/t25-/m1/s1. The number of aromatic amines is 1. The van der Waals surface area contributed by atoms with E-state index in [1.165, 1.54) is 36.4 Å². The van der Waals surface area contributed by atoms with Crippen molar-refractivity contribution in [2.45, 2.75) is 18.0 Å². The Bertz CT molecular complexity index is 1480. The summed E-state index contributed by atoms with van der Waals surface area (Å²) >= 11 is 0. The number of aliphatic hydroxyl groups excluding tert-OH is 1. The van der Waals surface area contributed by atoms with Gasteiger partial charge >= 0.3 is 6.03 Å². The number of benzene rings is 3. The molecule has 2 aliphatic rings. The van der Waals surface area contributed by atoms with Gasteiger partial charge in [0, 0.05) is 59.9 Å². The van der Waals surface area contributed by atoms with Crippen LogP contribution in [0.25, 0.3) is 10.9 Å². The lowest BCUT2D eigenvalue weighted by Crippen LogP contribution is -2.66. The van der Waals surface area contributed by atoms with Crippen molar-refractivity contribution in [2.24, 2.45) is 0 Å². The highest BCUT2D eigenvalue weighted by Gasteiger charge is 2.53. The van der Waals surface area contributed by atoms with E-state index in [0.29, 0.717) is 37.6 Å². The molecule has 3 heterocycles. The summed E-state index contributed by atoms with van der Waals surface area (Å²) in [6.45, 7) is 2.18. The molecule has 38 heavy (non-hydrogen) atoms. The molecule has 196 valence electrons. The molecule has 0 saturated carbocycles. The number of fused-ring (bicyclic) bond motifs is 4. The Morgan fingerprint density at radius 2 is 1.74 bits per heavy atom. The van der Waals surface area contributed by atoms with E-state index in [9.17, 15) is 18.7 Å². The summed E-state index contributed by atoms with van der Waals surface area (Å²) in [7, 11) is 1.61. The molecule has 0 aliphatic carbocycles. The SMILES string of the molecule is COc1ccc2c3c([nH]c2c1)[C@@H](CO)N(C(=O)Nc1ccc(F)cc1)CC31CN(Cc2ccc(F)cc2)C1. The van der Waals surface area contributed by atoms with Crippen LogP contribution in [0.1, 0.15) is 22.9 Å². The molecule has 1 aromatic heterocycles. The average Bonchev–Trinajstić information content (AvgIpc) is 3.29. The number of hydrogen-bond donors (Lipinski definition) is 3. The first-order chi connectivity index (χ1) is 18.4. The zero-order chi connectivity index (χ0) is 26.4. The van der Waals surface area contributed by atoms with Crippen molar-refractivity contribution in [3.63, 3.8) is 0 Å². The third-order valence-corrected chi connectivity index (χ3v) is 7.65. The van der Waals surface area contributed by atoms with Crippen LogP contribution in [-0.4, -0.2) is 59.3 Å². The lowest BCUT2D eigenvalue weighted by atomic mass is 9.68. The van der Waals surface area contributed by atoms with Gasteiger partial charge in [0.05, 0.1) is 19.8 Å². The highest BCUT2D eigenvalue weighted by molar-refractivity contribution is 5.92. The fourth-order valence-electron chi connectivity index (χ4n) is 5.98. The predicted octanol–water partition coefficient (Wildman–Crippen LogP) is 4.79. The quantitative estimate of drug-likeness (QED) is 0.355. The molecule has 1 saturated heterocycles. The van der Waals surface area contributed by atoms with E-state index in [0.717, 1.165) is 27.7 Å². The number of H-pyrrole nitrogens is 1. The number of hydrogen-bond acceptors (Lipinski definition) is 4. The molecule has 3 N–H and O–H groups in total. The second-order valence-corrected chi connectivity index (χ2v) is 10.1. The van der Waals surface area contributed by atoms with Crippen LogP contribution in [0.4, 0.5) is 19.3 Å². The van der Waals surface area contributed by atoms with Crippen molar-refractivity contribution in [1.29, 1.82) is 0 Å². The number of nitrogens with one attached hydrogen (secondary N) is 2. The summed E-state index contributed by atoms with van der Waals surface area (Å²) in [5.74, 6) is 0.0583. The Balaban J connectivity index is 1.36. The number of likely N-dealkylation sites (tertiary alicyclic amines) is 1. The number of anilines is 1. The number of carbonyl (C=O) groups is 1. The lowest BCUT2D eigenvalue weighted by Gasteiger charge is -2.56. The highest BCUT2D eigenvalue weighted by atomic mass is 19.1. The molecule has 9 heteroatoms. The lowest BCUT2D eigenvalue weighted by molar-refractivity contribution is 0.00856. The summed E-state index contributed by atoms with van der Waals surface area (Å²) in [5.41, 5.74) is 3.91. The van der Waals surface area contributed by atoms with E-state index < -0.39 is 6.04 Å². The number of methoxy groups -OCH3 is 1. The maximum absolute atomic E-state index is 13.5. The molecule has 3 aromatic carbocycles. The van der Waals surface area contributed by atoms with Crippen molar-refractivity contribution in [3.8, 4) is 5.75 Å². The van der Waals surface area contributed by atoms with Gasteiger partial charge in [-0.25, -0.2) is 13.6 Å². The molecular formula is C29H28F2N4O3. The molecule has 0 unspecified atom stereocenters. The first-order valence-corrected chi connectivity index (χ1v) is 12.5. The first-order valence-electron chi connectivity index (χ1n) is 12.5. The van der Waals surface area contributed by atoms with E-state index in [2.05, 4.69) is 15.2 Å². The third-order valence-electron chi connectivity index (χ3n) is 7.65. The minimum Gasteiger partial charge on any atom is -0.497 e. The Kier molecular flexibility index (Phi) is 6.04. The largest absolute Gasteiger partial charge is 0.497 e. The number of ether oxygens (including phenoxy) is 1. The second-order valence-electron chi connectivity index (χ2n) is 10.1. The van der Waals surface area contributed by atoms with Gasteiger partial charge in [0.1, 0.15) is 17.4 Å². The van der Waals surface area contributed by atoms with Gasteiger partial charge < -0.3 is 25.0 Å². The molecule has 2 aliphatic heterocycles. The van der Waals surface area contributed by atoms with E-state index in [1.54, 1.807) is 24.1 Å². The molecule has 4 aromatic rings. The summed E-state index contributed by atoms with van der Waals surface area (Å²) in [5, 5.41) is 14.4. The Hall–Kier alpha value is -3.95. The van der Waals surface area contributed by atoms with Crippen LogP contribution >= 0.6 is 0 Å². The normalized spacial score (nSPS) is 18.3. The number of rotatable bonds is 5. The Labute approximate surface area is 218 Å². The van der Waals surface area contributed by atoms with Crippen LogP contribution in [0.5, 0.6) is 5.75 Å². The van der Waals surface area contributed by atoms with Gasteiger partial charge in [0.25, 0.3) is 0 Å². The van der Waals surface area contributed by atoms with E-state index >= 15 is 0 Å². The molecular weight excluding hydrogens is 490 g/mol. The molecule has 6 rings (SSSR count). The molecule has 0 bridgehead atoms. The zero-order valence-electron chi connectivity index (χ0n) is 20.9. The minimum absolute atomic E-state index is 0.261. The Morgan fingerprint density at radius 1 is 1.05 bits per heavy atom. The van der Waals surface area contributed by atoms with E-state index in [4.69, 9.17) is 4.74 Å². The van der Waals surface area contributed by atoms with E-state index in [1.807, 2.05) is 18.2 Å². The first kappa shape index (κ1) is 24.4. The number of aromatic nitrogens is 1. The van der Waals surface area contributed by atoms with Gasteiger partial charge in [-0.2, -0.15) is 0 Å². The van der Waals surface area contributed by atoms with Crippen molar-refractivity contribution in [3.05, 3.63) is 95.2 Å². The monoisotopic (exact) mass is 518 g/mol. The molecule has 7 nitrogen and oxygen atoms in total. The summed E-state index contributed by atoms with van der Waals surface area (Å²) in [4.78, 5) is 20.9. The van der Waals surface area contributed by atoms with Crippen LogP contribution in [-0.2, 0) is 12.0 Å². The second kappa shape index (κ2) is 9.41. The Morgan fingerprint density at radius 3 is 2.39 bits per heavy atom. The zero-order valence-corrected chi connectivity index (χ0v) is 20.9. The van der Waals surface area contributed by atoms with Gasteiger partial charge in [-0.05, 0) is 59.7 Å². The summed E-state index contributed by atoms with van der Waals surface area (Å²) in [6.07, 6.45) is 0. The molecule has 2 amide bonds. The van der Waals surface area contributed by atoms with Crippen LogP contribution in [0, 0.1) is 11.6 Å². The van der Waals surface area contributed by atoms with Crippen LogP contribution in [0.15, 0.2) is 66.7 Å². The highest BCUT2D eigenvalue weighted by Crippen LogP contribution is 2.49. The van der Waals surface area contributed by atoms with Gasteiger partial charge in [-0.15, -0.1) is 0 Å². The van der Waals surface area contributed by atoms with Gasteiger partial charge in [0.15, 0.2) is 0 Å². The minimum atomic E-state index is -0.583. The van der Waals surface area contributed by atoms with Crippen molar-refractivity contribution < 1.29 is 23.4 Å². The summed E-state index contributed by atoms with van der Waals surface area (Å²) < 4.78 is 32.2. The molecule has 0 radical (unpaired) electrons. The smallest absolute Gasteiger partial charge is 0.322 e. The van der Waals surface area contributed by atoms with Crippen molar-refractivity contribution >= 4 is 22.6 Å². The number of aliphatic hydroxyl groups is 1. The number of nitrogens with zero attached hydrogens (tertiary/aromatic N) is 2. The number of urea groups is 1. The fourth-order valence-corrected chi connectivity index (χ4v) is 5.98. The van der Waals surface area contributed by atoms with Crippen LogP contribution in [0.3, 0.4) is 0 Å². The van der Waals surface area contributed by atoms with Gasteiger partial charge in [-0.1, -0.05) is 12.1 Å². The van der Waals surface area contributed by atoms with Crippen LogP contribution in [0.2, 0.25) is 0 Å². The van der Waals surface area contributed by atoms with Gasteiger partial charge in [-0.3, -0.25) is 4.90 Å². The third kappa shape index (κ3) is 4.17. The average molecular weight is 519 g/mol. The number of halogens is 2. The number of carbonyl (C=O) groups excluding carboxylic acids is 1. The van der Waals surface area contributed by atoms with Gasteiger partial charge in [0.2, 0.25) is 0 Å². The van der Waals surface area contributed by atoms with Crippen molar-refractivity contribution in [1.82, 2.24) is 14.8 Å². The number of amides is 2. The predicted molar refractivity (Wildman–Crippen MR) is 140 cm³/mol. The summed E-state index contributed by atoms with van der Waals surface area (Å²) in [6, 6.07) is 17.0.